The summed E-state index contributed by atoms with van der Waals surface area (Å²) in [5.74, 6) is 0. The second-order valence-electron chi connectivity index (χ2n) is 2.67. The highest BCUT2D eigenvalue weighted by Gasteiger charge is 2.13. The molecule has 1 saturated heterocycles. The third kappa shape index (κ3) is 3.16. The van der Waals surface area contributed by atoms with Crippen LogP contribution >= 0.6 is 22.6 Å². The van der Waals surface area contributed by atoms with E-state index in [1.807, 2.05) is 0 Å². The minimum Gasteiger partial charge on any atom is -0.381 e. The average molecular weight is 255 g/mol. The molecular formula is C7H14INO. The monoisotopic (exact) mass is 255 g/mol. The lowest BCUT2D eigenvalue weighted by Gasteiger charge is -2.24. The van der Waals surface area contributed by atoms with Crippen molar-refractivity contribution in [3.8, 4) is 0 Å². The van der Waals surface area contributed by atoms with Crippen LogP contribution in [0.15, 0.2) is 0 Å². The summed E-state index contributed by atoms with van der Waals surface area (Å²) in [6.07, 6.45) is 2.35. The van der Waals surface area contributed by atoms with E-state index >= 15 is 0 Å². The summed E-state index contributed by atoms with van der Waals surface area (Å²) in [7, 11) is 0. The molecule has 3 heteroatoms. The molecule has 1 N–H and O–H groups in total. The van der Waals surface area contributed by atoms with Crippen molar-refractivity contribution in [3.05, 3.63) is 0 Å². The predicted octanol–water partition coefficient (Wildman–Crippen LogP) is 1.54. The van der Waals surface area contributed by atoms with Gasteiger partial charge in [0.05, 0.1) is 4.05 Å². The Balaban J connectivity index is 2.13. The van der Waals surface area contributed by atoms with Gasteiger partial charge in [-0.2, -0.15) is 0 Å². The molecule has 0 aliphatic carbocycles. The van der Waals surface area contributed by atoms with Gasteiger partial charge in [0.1, 0.15) is 0 Å². The molecule has 10 heavy (non-hydrogen) atoms. The Morgan fingerprint density at radius 3 is 2.60 bits per heavy atom. The molecule has 0 saturated carbocycles. The first-order valence-electron chi connectivity index (χ1n) is 3.77. The highest BCUT2D eigenvalue weighted by Crippen LogP contribution is 2.08. The van der Waals surface area contributed by atoms with E-state index in [-0.39, 0.29) is 0 Å². The zero-order valence-corrected chi connectivity index (χ0v) is 8.43. The van der Waals surface area contributed by atoms with Gasteiger partial charge in [-0.3, -0.25) is 0 Å². The van der Waals surface area contributed by atoms with E-state index in [0.29, 0.717) is 10.1 Å². The van der Waals surface area contributed by atoms with Crippen LogP contribution in [0.1, 0.15) is 19.8 Å². The highest BCUT2D eigenvalue weighted by molar-refractivity contribution is 14.1. The maximum atomic E-state index is 5.24. The topological polar surface area (TPSA) is 21.3 Å². The number of rotatable bonds is 2. The third-order valence-electron chi connectivity index (χ3n) is 1.69. The van der Waals surface area contributed by atoms with Crippen molar-refractivity contribution < 1.29 is 4.74 Å². The number of nitrogens with one attached hydrogen (secondary N) is 1. The lowest BCUT2D eigenvalue weighted by Crippen LogP contribution is -2.37. The van der Waals surface area contributed by atoms with E-state index in [1.165, 1.54) is 12.8 Å². The van der Waals surface area contributed by atoms with Crippen LogP contribution in [-0.4, -0.2) is 23.3 Å². The lowest BCUT2D eigenvalue weighted by atomic mass is 10.1. The molecule has 0 unspecified atom stereocenters. The van der Waals surface area contributed by atoms with Gasteiger partial charge >= 0.3 is 0 Å². The van der Waals surface area contributed by atoms with Crippen LogP contribution in [0, 0.1) is 0 Å². The summed E-state index contributed by atoms with van der Waals surface area (Å²) in [5.41, 5.74) is 0. The summed E-state index contributed by atoms with van der Waals surface area (Å²) < 4.78 is 5.82. The van der Waals surface area contributed by atoms with Crippen LogP contribution in [0.4, 0.5) is 0 Å². The molecule has 1 rings (SSSR count). The molecule has 1 aliphatic heterocycles. The van der Waals surface area contributed by atoms with E-state index in [4.69, 9.17) is 4.74 Å². The predicted molar refractivity (Wildman–Crippen MR) is 50.5 cm³/mol. The molecule has 0 aromatic heterocycles. The molecule has 0 amide bonds. The Morgan fingerprint density at radius 2 is 2.10 bits per heavy atom. The van der Waals surface area contributed by atoms with Crippen molar-refractivity contribution in [1.29, 1.82) is 0 Å². The maximum Gasteiger partial charge on any atom is 0.0567 e. The van der Waals surface area contributed by atoms with Crippen LogP contribution < -0.4 is 5.32 Å². The first-order chi connectivity index (χ1) is 4.79. The molecule has 1 heterocycles. The van der Waals surface area contributed by atoms with Crippen LogP contribution in [0.2, 0.25) is 0 Å². The van der Waals surface area contributed by atoms with E-state index in [9.17, 15) is 0 Å². The molecule has 1 fully saturated rings. The van der Waals surface area contributed by atoms with Crippen molar-refractivity contribution >= 4 is 22.6 Å². The van der Waals surface area contributed by atoms with Crippen molar-refractivity contribution in [1.82, 2.24) is 5.32 Å². The molecule has 60 valence electrons. The summed E-state index contributed by atoms with van der Waals surface area (Å²) in [6.45, 7) is 4.04. The van der Waals surface area contributed by atoms with Gasteiger partial charge in [-0.15, -0.1) is 0 Å². The van der Waals surface area contributed by atoms with Crippen molar-refractivity contribution in [2.45, 2.75) is 29.9 Å². The van der Waals surface area contributed by atoms with E-state index in [1.54, 1.807) is 0 Å². The zero-order chi connectivity index (χ0) is 7.40. The second kappa shape index (κ2) is 4.51. The number of hydrogen-bond acceptors (Lipinski definition) is 2. The third-order valence-corrected chi connectivity index (χ3v) is 2.05. The fourth-order valence-electron chi connectivity index (χ4n) is 1.19. The molecule has 0 aromatic carbocycles. The summed E-state index contributed by atoms with van der Waals surface area (Å²) in [6, 6.07) is 0.695. The average Bonchev–Trinajstić information content (AvgIpc) is 1.88. The number of alkyl halides is 1. The van der Waals surface area contributed by atoms with Crippen LogP contribution in [0.3, 0.4) is 0 Å². The number of halogens is 1. The van der Waals surface area contributed by atoms with Gasteiger partial charge in [0.25, 0.3) is 0 Å². The zero-order valence-electron chi connectivity index (χ0n) is 6.27. The molecule has 1 aliphatic rings. The molecular weight excluding hydrogens is 241 g/mol. The van der Waals surface area contributed by atoms with E-state index in [0.717, 1.165) is 13.2 Å². The quantitative estimate of drug-likeness (QED) is 0.459. The van der Waals surface area contributed by atoms with Gasteiger partial charge in [0.15, 0.2) is 0 Å². The summed E-state index contributed by atoms with van der Waals surface area (Å²) in [5, 5.41) is 3.49. The molecule has 0 spiro atoms. The Bertz CT molecular complexity index is 91.6. The van der Waals surface area contributed by atoms with Gasteiger partial charge in [-0.1, -0.05) is 22.6 Å². The Kier molecular flexibility index (Phi) is 3.95. The van der Waals surface area contributed by atoms with Crippen molar-refractivity contribution in [2.24, 2.45) is 0 Å². The lowest BCUT2D eigenvalue weighted by molar-refractivity contribution is 0.0781. The van der Waals surface area contributed by atoms with E-state index in [2.05, 4.69) is 34.8 Å². The van der Waals surface area contributed by atoms with Crippen LogP contribution in [0.5, 0.6) is 0 Å². The van der Waals surface area contributed by atoms with Gasteiger partial charge in [0, 0.05) is 19.3 Å². The Hall–Kier alpha value is 0.650. The molecule has 0 aromatic rings. The number of ether oxygens (including phenoxy) is 1. The smallest absolute Gasteiger partial charge is 0.0567 e. The van der Waals surface area contributed by atoms with Crippen molar-refractivity contribution in [2.75, 3.05) is 13.2 Å². The minimum atomic E-state index is 0.584. The standard InChI is InChI=1S/C7H14INO/c1-6(8)9-7-2-4-10-5-3-7/h6-7,9H,2-5H2,1H3/t6-/m1/s1. The summed E-state index contributed by atoms with van der Waals surface area (Å²) in [4.78, 5) is 0. The normalized spacial score (nSPS) is 24.6. The number of hydrogen-bond donors (Lipinski definition) is 1. The fourth-order valence-corrected chi connectivity index (χ4v) is 1.70. The van der Waals surface area contributed by atoms with Crippen LogP contribution in [0.25, 0.3) is 0 Å². The van der Waals surface area contributed by atoms with E-state index < -0.39 is 0 Å². The highest BCUT2D eigenvalue weighted by atomic mass is 127. The minimum absolute atomic E-state index is 0.584. The van der Waals surface area contributed by atoms with Gasteiger partial charge in [-0.05, 0) is 19.8 Å². The SMILES string of the molecule is C[C@H](I)NC1CCOCC1. The molecule has 1 atom stereocenters. The Morgan fingerprint density at radius 1 is 1.50 bits per heavy atom. The second-order valence-corrected chi connectivity index (χ2v) is 4.54. The van der Waals surface area contributed by atoms with Gasteiger partial charge < -0.3 is 10.1 Å². The fraction of sp³-hybridized carbons (Fsp3) is 1.00. The summed E-state index contributed by atoms with van der Waals surface area (Å²) >= 11 is 2.39. The maximum absolute atomic E-state index is 5.24. The molecule has 0 radical (unpaired) electrons. The Labute approximate surface area is 75.8 Å². The first-order valence-corrected chi connectivity index (χ1v) is 5.01. The van der Waals surface area contributed by atoms with Gasteiger partial charge in [0.2, 0.25) is 0 Å². The van der Waals surface area contributed by atoms with Crippen LogP contribution in [-0.2, 0) is 4.74 Å². The van der Waals surface area contributed by atoms with Gasteiger partial charge in [-0.25, -0.2) is 0 Å². The molecule has 0 bridgehead atoms. The first kappa shape index (κ1) is 8.74. The largest absolute Gasteiger partial charge is 0.381 e. The van der Waals surface area contributed by atoms with Crippen molar-refractivity contribution in [3.63, 3.8) is 0 Å². The molecule has 2 nitrogen and oxygen atoms in total.